The number of carbonyl (C=O) groups is 1. The number of fused-ring (bicyclic) bond motifs is 1. The molecule has 0 radical (unpaired) electrons. The average Bonchev–Trinajstić information content (AvgIpc) is 2.88. The third-order valence-electron chi connectivity index (χ3n) is 3.65. The van der Waals surface area contributed by atoms with Gasteiger partial charge >= 0.3 is 5.97 Å². The van der Waals surface area contributed by atoms with Gasteiger partial charge in [0.1, 0.15) is 15.5 Å². The molecule has 5 nitrogen and oxygen atoms in total. The summed E-state index contributed by atoms with van der Waals surface area (Å²) in [6.07, 6.45) is 2.82. The predicted molar refractivity (Wildman–Crippen MR) is 101 cm³/mol. The van der Waals surface area contributed by atoms with Crippen LogP contribution in [-0.2, 0) is 4.74 Å². The highest BCUT2D eigenvalue weighted by Gasteiger charge is 2.23. The normalized spacial score (nSPS) is 11.0. The van der Waals surface area contributed by atoms with Crippen LogP contribution in [0.3, 0.4) is 0 Å². The average molecular weight is 370 g/mol. The number of carbonyl (C=O) groups excluding carboxylic acids is 1. The molecule has 2 rings (SSSR count). The van der Waals surface area contributed by atoms with Crippen LogP contribution in [0.5, 0.6) is 0 Å². The van der Waals surface area contributed by atoms with Crippen molar-refractivity contribution in [2.45, 2.75) is 47.0 Å². The Bertz CT molecular complexity index is 711. The number of anilines is 1. The van der Waals surface area contributed by atoms with E-state index < -0.39 is 0 Å². The van der Waals surface area contributed by atoms with Gasteiger partial charge in [-0.15, -0.1) is 11.3 Å². The Morgan fingerprint density at radius 3 is 2.42 bits per heavy atom. The summed E-state index contributed by atoms with van der Waals surface area (Å²) in [6, 6.07) is 0. The van der Waals surface area contributed by atoms with E-state index in [4.69, 9.17) is 16.3 Å². The fraction of sp³-hybridized carbons (Fsp3) is 0.588. The second-order valence-corrected chi connectivity index (χ2v) is 7.01. The largest absolute Gasteiger partial charge is 0.462 e. The molecule has 0 aliphatic heterocycles. The fourth-order valence-corrected chi connectivity index (χ4v) is 3.92. The first-order valence-corrected chi connectivity index (χ1v) is 9.61. The lowest BCUT2D eigenvalue weighted by Gasteiger charge is -2.23. The van der Waals surface area contributed by atoms with Gasteiger partial charge in [-0.2, -0.15) is 4.98 Å². The van der Waals surface area contributed by atoms with Crippen LogP contribution in [0.4, 0.5) is 5.82 Å². The molecule has 0 saturated heterocycles. The summed E-state index contributed by atoms with van der Waals surface area (Å²) in [5.41, 5.74) is 0.875. The number of thiophene rings is 1. The summed E-state index contributed by atoms with van der Waals surface area (Å²) in [4.78, 5) is 24.6. The van der Waals surface area contributed by atoms with E-state index in [1.54, 1.807) is 0 Å². The molecule has 0 fully saturated rings. The number of hydrogen-bond donors (Lipinski definition) is 0. The zero-order chi connectivity index (χ0) is 17.7. The molecule has 0 aliphatic rings. The SMILES string of the molecule is CCCOC(=O)c1sc2nc(Cl)nc(N(CCC)CCC)c2c1C. The summed E-state index contributed by atoms with van der Waals surface area (Å²) in [5, 5.41) is 1.12. The lowest BCUT2D eigenvalue weighted by atomic mass is 10.2. The zero-order valence-corrected chi connectivity index (χ0v) is 16.3. The molecule has 0 unspecified atom stereocenters. The molecule has 0 spiro atoms. The van der Waals surface area contributed by atoms with Crippen LogP contribution in [0.25, 0.3) is 10.2 Å². The topological polar surface area (TPSA) is 55.3 Å². The maximum Gasteiger partial charge on any atom is 0.348 e. The Labute approximate surface area is 152 Å². The van der Waals surface area contributed by atoms with Gasteiger partial charge < -0.3 is 9.64 Å². The van der Waals surface area contributed by atoms with Gasteiger partial charge in [0.15, 0.2) is 0 Å². The molecule has 0 amide bonds. The van der Waals surface area contributed by atoms with Crippen LogP contribution >= 0.6 is 22.9 Å². The van der Waals surface area contributed by atoms with Gasteiger partial charge in [-0.25, -0.2) is 9.78 Å². The third-order valence-corrected chi connectivity index (χ3v) is 4.99. The van der Waals surface area contributed by atoms with Crippen LogP contribution in [-0.4, -0.2) is 35.6 Å². The Kier molecular flexibility index (Phi) is 6.80. The standard InChI is InChI=1S/C17H24ClN3O2S/c1-5-8-21(9-6-2)14-12-11(4)13(16(22)23-10-7-3)24-15(12)20-17(18)19-14/h5-10H2,1-4H3. The second-order valence-electron chi connectivity index (χ2n) is 5.68. The number of halogens is 1. The Balaban J connectivity index is 2.55. The molecule has 0 N–H and O–H groups in total. The van der Waals surface area contributed by atoms with E-state index in [1.165, 1.54) is 11.3 Å². The predicted octanol–water partition coefficient (Wildman–Crippen LogP) is 4.85. The maximum absolute atomic E-state index is 12.3. The molecule has 0 bridgehead atoms. The van der Waals surface area contributed by atoms with E-state index in [-0.39, 0.29) is 11.3 Å². The summed E-state index contributed by atoms with van der Waals surface area (Å²) in [6.45, 7) is 10.4. The molecule has 0 atom stereocenters. The van der Waals surface area contributed by atoms with Gasteiger partial charge in [-0.05, 0) is 43.4 Å². The van der Waals surface area contributed by atoms with Gasteiger partial charge in [-0.3, -0.25) is 0 Å². The second kappa shape index (κ2) is 8.62. The van der Waals surface area contributed by atoms with E-state index in [1.807, 2.05) is 13.8 Å². The molecular weight excluding hydrogens is 346 g/mol. The summed E-state index contributed by atoms with van der Waals surface area (Å²) in [5.74, 6) is 0.522. The maximum atomic E-state index is 12.3. The molecule has 0 aliphatic carbocycles. The zero-order valence-electron chi connectivity index (χ0n) is 14.7. The highest BCUT2D eigenvalue weighted by molar-refractivity contribution is 7.20. The van der Waals surface area contributed by atoms with E-state index >= 15 is 0 Å². The van der Waals surface area contributed by atoms with Gasteiger partial charge in [-0.1, -0.05) is 20.8 Å². The van der Waals surface area contributed by atoms with E-state index in [9.17, 15) is 4.79 Å². The summed E-state index contributed by atoms with van der Waals surface area (Å²) in [7, 11) is 0. The van der Waals surface area contributed by atoms with E-state index in [2.05, 4.69) is 28.7 Å². The first-order valence-electron chi connectivity index (χ1n) is 8.42. The van der Waals surface area contributed by atoms with E-state index in [0.717, 1.165) is 53.9 Å². The van der Waals surface area contributed by atoms with Crippen LogP contribution in [0, 0.1) is 6.92 Å². The molecule has 0 aromatic carbocycles. The van der Waals surface area contributed by atoms with Gasteiger partial charge in [0.25, 0.3) is 0 Å². The third kappa shape index (κ3) is 3.98. The van der Waals surface area contributed by atoms with Crippen molar-refractivity contribution in [3.63, 3.8) is 0 Å². The van der Waals surface area contributed by atoms with Gasteiger partial charge in [0, 0.05) is 13.1 Å². The lowest BCUT2D eigenvalue weighted by molar-refractivity contribution is 0.0510. The lowest BCUT2D eigenvalue weighted by Crippen LogP contribution is -2.26. The number of aromatic nitrogens is 2. The number of rotatable bonds is 8. The number of nitrogens with zero attached hydrogens (tertiary/aromatic N) is 3. The minimum atomic E-state index is -0.294. The minimum absolute atomic E-state index is 0.212. The van der Waals surface area contributed by atoms with Crippen molar-refractivity contribution in [1.82, 2.24) is 9.97 Å². The van der Waals surface area contributed by atoms with Crippen molar-refractivity contribution in [3.8, 4) is 0 Å². The number of hydrogen-bond acceptors (Lipinski definition) is 6. The van der Waals surface area contributed by atoms with Crippen LogP contribution < -0.4 is 4.90 Å². The van der Waals surface area contributed by atoms with Crippen molar-refractivity contribution < 1.29 is 9.53 Å². The van der Waals surface area contributed by atoms with Crippen molar-refractivity contribution in [2.75, 3.05) is 24.6 Å². The summed E-state index contributed by atoms with van der Waals surface area (Å²) < 4.78 is 5.29. The summed E-state index contributed by atoms with van der Waals surface area (Å²) >= 11 is 7.46. The molecule has 7 heteroatoms. The highest BCUT2D eigenvalue weighted by Crippen LogP contribution is 2.36. The first-order chi connectivity index (χ1) is 11.5. The quantitative estimate of drug-likeness (QED) is 0.492. The first kappa shape index (κ1) is 18.9. The molecule has 0 saturated carbocycles. The molecule has 2 aromatic heterocycles. The Hall–Kier alpha value is -1.40. The van der Waals surface area contributed by atoms with Crippen LogP contribution in [0.15, 0.2) is 0 Å². The Morgan fingerprint density at radius 2 is 1.83 bits per heavy atom. The van der Waals surface area contributed by atoms with Crippen molar-refractivity contribution in [2.24, 2.45) is 0 Å². The number of aryl methyl sites for hydroxylation is 1. The van der Waals surface area contributed by atoms with Gasteiger partial charge in [0.05, 0.1) is 12.0 Å². The fourth-order valence-electron chi connectivity index (χ4n) is 2.64. The van der Waals surface area contributed by atoms with Crippen molar-refractivity contribution in [3.05, 3.63) is 15.7 Å². The van der Waals surface area contributed by atoms with Crippen LogP contribution in [0.2, 0.25) is 5.28 Å². The van der Waals surface area contributed by atoms with Crippen molar-refractivity contribution in [1.29, 1.82) is 0 Å². The monoisotopic (exact) mass is 369 g/mol. The minimum Gasteiger partial charge on any atom is -0.462 e. The number of ether oxygens (including phenoxy) is 1. The smallest absolute Gasteiger partial charge is 0.348 e. The van der Waals surface area contributed by atoms with Crippen molar-refractivity contribution >= 4 is 44.9 Å². The molecule has 2 heterocycles. The molecule has 2 aromatic rings. The highest BCUT2D eigenvalue weighted by atomic mass is 35.5. The Morgan fingerprint density at radius 1 is 1.17 bits per heavy atom. The van der Waals surface area contributed by atoms with Gasteiger partial charge in [0.2, 0.25) is 5.28 Å². The van der Waals surface area contributed by atoms with Crippen LogP contribution in [0.1, 0.15) is 55.3 Å². The molecular formula is C17H24ClN3O2S. The van der Waals surface area contributed by atoms with E-state index in [0.29, 0.717) is 11.5 Å². The molecule has 24 heavy (non-hydrogen) atoms. The molecule has 132 valence electrons. The number of esters is 1.